The molecule has 0 aromatic heterocycles. The standard InChI is InChI=1S/C22H13F2NO2/c23-20-10-9-17(13-21(20)24)22(26)27-19-8-4-5-15(12-19)11-18(14-25)16-6-2-1-3-7-16/h1-13H/b18-11-. The zero-order valence-electron chi connectivity index (χ0n) is 14.0. The second kappa shape index (κ2) is 8.07. The first-order valence-electron chi connectivity index (χ1n) is 8.01. The van der Waals surface area contributed by atoms with Gasteiger partial charge in [0.1, 0.15) is 5.75 Å². The molecule has 0 bridgehead atoms. The quantitative estimate of drug-likeness (QED) is 0.276. The highest BCUT2D eigenvalue weighted by atomic mass is 19.2. The van der Waals surface area contributed by atoms with E-state index in [0.29, 0.717) is 11.1 Å². The summed E-state index contributed by atoms with van der Waals surface area (Å²) < 4.78 is 31.5. The first-order valence-corrected chi connectivity index (χ1v) is 8.01. The molecule has 0 saturated heterocycles. The van der Waals surface area contributed by atoms with Crippen LogP contribution in [0.5, 0.6) is 5.75 Å². The highest BCUT2D eigenvalue weighted by molar-refractivity contribution is 5.92. The Kier molecular flexibility index (Phi) is 5.38. The summed E-state index contributed by atoms with van der Waals surface area (Å²) in [5.41, 5.74) is 1.78. The Morgan fingerprint density at radius 2 is 1.67 bits per heavy atom. The molecule has 0 heterocycles. The topological polar surface area (TPSA) is 50.1 Å². The number of rotatable bonds is 4. The molecule has 5 heteroatoms. The van der Waals surface area contributed by atoms with Crippen LogP contribution >= 0.6 is 0 Å². The lowest BCUT2D eigenvalue weighted by atomic mass is 10.0. The van der Waals surface area contributed by atoms with Crippen molar-refractivity contribution in [3.05, 3.63) is 101 Å². The lowest BCUT2D eigenvalue weighted by molar-refractivity contribution is 0.0734. The summed E-state index contributed by atoms with van der Waals surface area (Å²) in [5.74, 6) is -2.74. The van der Waals surface area contributed by atoms with Gasteiger partial charge in [0.25, 0.3) is 0 Å². The molecule has 0 radical (unpaired) electrons. The van der Waals surface area contributed by atoms with Crippen LogP contribution in [0.25, 0.3) is 11.6 Å². The molecule has 0 atom stereocenters. The van der Waals surface area contributed by atoms with Gasteiger partial charge in [-0.05, 0) is 47.5 Å². The van der Waals surface area contributed by atoms with Gasteiger partial charge in [-0.15, -0.1) is 0 Å². The summed E-state index contributed by atoms with van der Waals surface area (Å²) >= 11 is 0. The predicted octanol–water partition coefficient (Wildman–Crippen LogP) is 5.25. The Morgan fingerprint density at radius 1 is 0.889 bits per heavy atom. The summed E-state index contributed by atoms with van der Waals surface area (Å²) in [6.07, 6.45) is 1.67. The molecule has 0 N–H and O–H groups in total. The van der Waals surface area contributed by atoms with Crippen LogP contribution in [-0.4, -0.2) is 5.97 Å². The predicted molar refractivity (Wildman–Crippen MR) is 97.7 cm³/mol. The van der Waals surface area contributed by atoms with Crippen LogP contribution in [0, 0.1) is 23.0 Å². The molecule has 0 aliphatic heterocycles. The van der Waals surface area contributed by atoms with Crippen molar-refractivity contribution in [3.63, 3.8) is 0 Å². The number of benzene rings is 3. The number of nitrogens with zero attached hydrogens (tertiary/aromatic N) is 1. The van der Waals surface area contributed by atoms with Crippen LogP contribution in [0.15, 0.2) is 72.8 Å². The van der Waals surface area contributed by atoms with Gasteiger partial charge in [0.15, 0.2) is 11.6 Å². The van der Waals surface area contributed by atoms with E-state index in [1.54, 1.807) is 30.3 Å². The molecule has 0 amide bonds. The third-order valence-corrected chi connectivity index (χ3v) is 3.74. The average molecular weight is 361 g/mol. The van der Waals surface area contributed by atoms with Crippen LogP contribution in [0.2, 0.25) is 0 Å². The number of halogens is 2. The average Bonchev–Trinajstić information content (AvgIpc) is 2.69. The molecule has 0 fully saturated rings. The number of ether oxygens (including phenoxy) is 1. The number of hydrogen-bond acceptors (Lipinski definition) is 3. The van der Waals surface area contributed by atoms with Gasteiger partial charge in [0.2, 0.25) is 0 Å². The molecule has 3 aromatic carbocycles. The van der Waals surface area contributed by atoms with E-state index in [1.807, 2.05) is 30.3 Å². The van der Waals surface area contributed by atoms with E-state index >= 15 is 0 Å². The fraction of sp³-hybridized carbons (Fsp3) is 0. The normalized spacial score (nSPS) is 10.9. The van der Waals surface area contributed by atoms with Crippen molar-refractivity contribution < 1.29 is 18.3 Å². The fourth-order valence-electron chi connectivity index (χ4n) is 2.42. The van der Waals surface area contributed by atoms with Crippen LogP contribution in [0.3, 0.4) is 0 Å². The molecule has 0 saturated carbocycles. The number of allylic oxidation sites excluding steroid dienone is 1. The summed E-state index contributed by atoms with van der Waals surface area (Å²) in [6.45, 7) is 0. The van der Waals surface area contributed by atoms with E-state index in [-0.39, 0.29) is 11.3 Å². The summed E-state index contributed by atoms with van der Waals surface area (Å²) in [6, 6.07) is 20.7. The van der Waals surface area contributed by atoms with E-state index in [2.05, 4.69) is 6.07 Å². The van der Waals surface area contributed by atoms with E-state index in [9.17, 15) is 18.8 Å². The highest BCUT2D eigenvalue weighted by Crippen LogP contribution is 2.21. The number of carbonyl (C=O) groups is 1. The Bertz CT molecular complexity index is 1050. The van der Waals surface area contributed by atoms with Gasteiger partial charge in [-0.2, -0.15) is 5.26 Å². The lowest BCUT2D eigenvalue weighted by Crippen LogP contribution is -2.09. The maximum Gasteiger partial charge on any atom is 0.343 e. The molecule has 3 nitrogen and oxygen atoms in total. The molecule has 3 aromatic rings. The molecule has 0 aliphatic rings. The highest BCUT2D eigenvalue weighted by Gasteiger charge is 2.12. The zero-order chi connectivity index (χ0) is 19.2. The Hall–Kier alpha value is -3.78. The van der Waals surface area contributed by atoms with Crippen molar-refractivity contribution in [2.24, 2.45) is 0 Å². The third kappa shape index (κ3) is 4.44. The second-order valence-corrected chi connectivity index (χ2v) is 5.63. The fourth-order valence-corrected chi connectivity index (χ4v) is 2.42. The summed E-state index contributed by atoms with van der Waals surface area (Å²) in [5, 5.41) is 9.38. The second-order valence-electron chi connectivity index (χ2n) is 5.63. The van der Waals surface area contributed by atoms with Gasteiger partial charge in [0, 0.05) is 0 Å². The van der Waals surface area contributed by atoms with Crippen molar-refractivity contribution in [1.29, 1.82) is 5.26 Å². The molecule has 0 spiro atoms. The molecule has 27 heavy (non-hydrogen) atoms. The number of carbonyl (C=O) groups excluding carboxylic acids is 1. The van der Waals surface area contributed by atoms with Gasteiger partial charge in [-0.25, -0.2) is 13.6 Å². The van der Waals surface area contributed by atoms with Crippen molar-refractivity contribution in [3.8, 4) is 11.8 Å². The Labute approximate surface area is 154 Å². The van der Waals surface area contributed by atoms with Gasteiger partial charge in [-0.3, -0.25) is 0 Å². The van der Waals surface area contributed by atoms with Gasteiger partial charge >= 0.3 is 5.97 Å². The van der Waals surface area contributed by atoms with Crippen molar-refractivity contribution in [1.82, 2.24) is 0 Å². The third-order valence-electron chi connectivity index (χ3n) is 3.74. The lowest BCUT2D eigenvalue weighted by Gasteiger charge is -2.06. The smallest absolute Gasteiger partial charge is 0.343 e. The van der Waals surface area contributed by atoms with Gasteiger partial charge in [-0.1, -0.05) is 42.5 Å². The molecule has 0 aliphatic carbocycles. The number of esters is 1. The molecule has 132 valence electrons. The first kappa shape index (κ1) is 18.0. The van der Waals surface area contributed by atoms with Crippen molar-refractivity contribution >= 4 is 17.6 Å². The largest absolute Gasteiger partial charge is 0.423 e. The minimum absolute atomic E-state index is 0.100. The first-order chi connectivity index (χ1) is 13.1. The minimum Gasteiger partial charge on any atom is -0.423 e. The van der Waals surface area contributed by atoms with Crippen molar-refractivity contribution in [2.75, 3.05) is 0 Å². The SMILES string of the molecule is N#C/C(=C/c1cccc(OC(=O)c2ccc(F)c(F)c2)c1)c1ccccc1. The Morgan fingerprint density at radius 3 is 2.37 bits per heavy atom. The Balaban J connectivity index is 1.83. The summed E-state index contributed by atoms with van der Waals surface area (Å²) in [4.78, 5) is 12.1. The summed E-state index contributed by atoms with van der Waals surface area (Å²) in [7, 11) is 0. The van der Waals surface area contributed by atoms with E-state index in [4.69, 9.17) is 4.74 Å². The maximum atomic E-state index is 13.3. The molecule has 3 rings (SSSR count). The van der Waals surface area contributed by atoms with Gasteiger partial charge in [0.05, 0.1) is 17.2 Å². The van der Waals surface area contributed by atoms with Crippen LogP contribution in [0.1, 0.15) is 21.5 Å². The van der Waals surface area contributed by atoms with E-state index in [0.717, 1.165) is 23.8 Å². The molecular formula is C22H13F2NO2. The van der Waals surface area contributed by atoms with E-state index < -0.39 is 17.6 Å². The van der Waals surface area contributed by atoms with Crippen LogP contribution in [0.4, 0.5) is 8.78 Å². The van der Waals surface area contributed by atoms with E-state index in [1.165, 1.54) is 0 Å². The maximum absolute atomic E-state index is 13.3. The van der Waals surface area contributed by atoms with Gasteiger partial charge < -0.3 is 4.74 Å². The monoisotopic (exact) mass is 361 g/mol. The number of nitriles is 1. The van der Waals surface area contributed by atoms with Crippen LogP contribution < -0.4 is 4.74 Å². The minimum atomic E-state index is -1.12. The molecule has 0 unspecified atom stereocenters. The van der Waals surface area contributed by atoms with Crippen LogP contribution in [-0.2, 0) is 0 Å². The zero-order valence-corrected chi connectivity index (χ0v) is 14.0. The molecular weight excluding hydrogens is 348 g/mol. The van der Waals surface area contributed by atoms with Crippen molar-refractivity contribution in [2.45, 2.75) is 0 Å². The number of hydrogen-bond donors (Lipinski definition) is 0.